The van der Waals surface area contributed by atoms with Crippen LogP contribution in [-0.4, -0.2) is 47.7 Å². The van der Waals surface area contributed by atoms with Gasteiger partial charge in [0.2, 0.25) is 0 Å². The monoisotopic (exact) mass is 649 g/mol. The van der Waals surface area contributed by atoms with Crippen molar-refractivity contribution < 1.29 is 28.2 Å². The quantitative estimate of drug-likeness (QED) is 0.103. The normalized spacial score (nSPS) is 10.9. The third-order valence-corrected chi connectivity index (χ3v) is 6.80. The highest BCUT2D eigenvalue weighted by molar-refractivity contribution is 7.99. The second-order valence-electron chi connectivity index (χ2n) is 8.13. The molecule has 2 amide bonds. The van der Waals surface area contributed by atoms with Crippen LogP contribution in [0.25, 0.3) is 0 Å². The van der Waals surface area contributed by atoms with Crippen molar-refractivity contribution in [3.63, 3.8) is 0 Å². The topological polar surface area (TPSA) is 137 Å². The predicted octanol–water partition coefficient (Wildman–Crippen LogP) is 5.88. The second-order valence-corrected chi connectivity index (χ2v) is 10.3. The van der Waals surface area contributed by atoms with Crippen molar-refractivity contribution in [3.05, 3.63) is 87.2 Å². The Labute approximate surface area is 259 Å². The lowest BCUT2D eigenvalue weighted by Crippen LogP contribution is -2.20. The van der Waals surface area contributed by atoms with Crippen molar-refractivity contribution >= 4 is 70.3 Å². The minimum absolute atomic E-state index is 0.00551. The molecule has 15 heteroatoms. The zero-order valence-corrected chi connectivity index (χ0v) is 24.9. The number of carbonyl (C=O) groups is 2. The van der Waals surface area contributed by atoms with E-state index in [1.165, 1.54) is 13.3 Å². The Bertz CT molecular complexity index is 1590. The maximum atomic E-state index is 12.2. The first-order chi connectivity index (χ1) is 20.3. The standard InChI is InChI=1S/C27H22Cl3N5O6S/c1-38-23-10-16(6-8-22(23)39-13-24(36)32-20-5-3-2-4-18(20)29)12-31-33-25(37)15-42-27-35-34-26(41-27)14-40-21-9-7-17(28)11-19(21)30/h2-12H,13-15H2,1H3,(H,32,36)(H,33,37)/b31-12-. The molecule has 0 bridgehead atoms. The van der Waals surface area contributed by atoms with Gasteiger partial charge in [-0.3, -0.25) is 9.59 Å². The third kappa shape index (κ3) is 9.28. The fourth-order valence-corrected chi connectivity index (χ4v) is 4.42. The largest absolute Gasteiger partial charge is 0.493 e. The Kier molecular flexibility index (Phi) is 11.3. The van der Waals surface area contributed by atoms with Crippen molar-refractivity contribution in [2.45, 2.75) is 11.8 Å². The van der Waals surface area contributed by atoms with Crippen LogP contribution >= 0.6 is 46.6 Å². The average Bonchev–Trinajstić information content (AvgIpc) is 3.44. The fraction of sp³-hybridized carbons (Fsp3) is 0.148. The summed E-state index contributed by atoms with van der Waals surface area (Å²) in [6, 6.07) is 16.7. The zero-order valence-electron chi connectivity index (χ0n) is 21.8. The molecule has 4 aromatic rings. The van der Waals surface area contributed by atoms with Crippen LogP contribution in [-0.2, 0) is 16.2 Å². The average molecular weight is 651 g/mol. The summed E-state index contributed by atoms with van der Waals surface area (Å²) in [6.07, 6.45) is 1.43. The minimum Gasteiger partial charge on any atom is -0.493 e. The van der Waals surface area contributed by atoms with Crippen LogP contribution in [0.1, 0.15) is 11.5 Å². The molecule has 0 fully saturated rings. The molecular formula is C27H22Cl3N5O6S. The number of thioether (sulfide) groups is 1. The number of aromatic nitrogens is 2. The van der Waals surface area contributed by atoms with E-state index in [9.17, 15) is 9.59 Å². The number of ether oxygens (including phenoxy) is 3. The van der Waals surface area contributed by atoms with Crippen molar-refractivity contribution in [2.75, 3.05) is 24.8 Å². The summed E-state index contributed by atoms with van der Waals surface area (Å²) >= 11 is 19.0. The Balaban J connectivity index is 1.20. The molecule has 0 aliphatic rings. The lowest BCUT2D eigenvalue weighted by molar-refractivity contribution is -0.119. The van der Waals surface area contributed by atoms with Gasteiger partial charge in [-0.15, -0.1) is 10.2 Å². The second kappa shape index (κ2) is 15.3. The number of carbonyl (C=O) groups excluding carboxylic acids is 2. The lowest BCUT2D eigenvalue weighted by atomic mass is 10.2. The molecule has 11 nitrogen and oxygen atoms in total. The van der Waals surface area contributed by atoms with Gasteiger partial charge in [0, 0.05) is 5.02 Å². The van der Waals surface area contributed by atoms with Gasteiger partial charge in [0.25, 0.3) is 22.9 Å². The molecule has 0 unspecified atom stereocenters. The van der Waals surface area contributed by atoms with Gasteiger partial charge >= 0.3 is 0 Å². The number of hydrazone groups is 1. The minimum atomic E-state index is -0.392. The summed E-state index contributed by atoms with van der Waals surface area (Å²) in [7, 11) is 1.47. The van der Waals surface area contributed by atoms with E-state index < -0.39 is 5.91 Å². The van der Waals surface area contributed by atoms with Crippen LogP contribution in [0.15, 0.2) is 75.4 Å². The molecule has 3 aromatic carbocycles. The molecule has 1 heterocycles. The molecule has 0 saturated carbocycles. The zero-order chi connectivity index (χ0) is 29.9. The number of nitrogens with zero attached hydrogens (tertiary/aromatic N) is 3. The number of benzene rings is 3. The van der Waals surface area contributed by atoms with Crippen LogP contribution in [0.2, 0.25) is 15.1 Å². The number of rotatable bonds is 13. The van der Waals surface area contributed by atoms with E-state index in [1.54, 1.807) is 60.7 Å². The molecule has 0 aliphatic carbocycles. The van der Waals surface area contributed by atoms with Crippen LogP contribution in [0.5, 0.6) is 17.2 Å². The van der Waals surface area contributed by atoms with Crippen LogP contribution in [0, 0.1) is 0 Å². The molecule has 2 N–H and O–H groups in total. The molecule has 4 rings (SSSR count). The van der Waals surface area contributed by atoms with Gasteiger partial charge < -0.3 is 23.9 Å². The first kappa shape index (κ1) is 31.0. The summed E-state index contributed by atoms with van der Waals surface area (Å²) in [5, 5.41) is 15.8. The van der Waals surface area contributed by atoms with Crippen LogP contribution < -0.4 is 25.0 Å². The highest BCUT2D eigenvalue weighted by Gasteiger charge is 2.12. The van der Waals surface area contributed by atoms with E-state index >= 15 is 0 Å². The van der Waals surface area contributed by atoms with Gasteiger partial charge in [0.1, 0.15) is 5.75 Å². The summed E-state index contributed by atoms with van der Waals surface area (Å²) in [5.74, 6) is 0.564. The van der Waals surface area contributed by atoms with Gasteiger partial charge in [-0.05, 0) is 54.1 Å². The first-order valence-electron chi connectivity index (χ1n) is 12.0. The fourth-order valence-electron chi connectivity index (χ4n) is 3.20. The van der Waals surface area contributed by atoms with Crippen molar-refractivity contribution in [1.82, 2.24) is 15.6 Å². The van der Waals surface area contributed by atoms with Crippen molar-refractivity contribution in [1.29, 1.82) is 0 Å². The van der Waals surface area contributed by atoms with E-state index in [1.807, 2.05) is 0 Å². The van der Waals surface area contributed by atoms with Gasteiger partial charge in [-0.25, -0.2) is 5.43 Å². The molecule has 0 radical (unpaired) electrons. The molecule has 42 heavy (non-hydrogen) atoms. The SMILES string of the molecule is COc1cc(/C=N\NC(=O)CSc2nnc(COc3ccc(Cl)cc3Cl)o2)ccc1OCC(=O)Nc1ccccc1Cl. The number of hydrogen-bond acceptors (Lipinski definition) is 10. The Morgan fingerprint density at radius 3 is 2.55 bits per heavy atom. The maximum absolute atomic E-state index is 12.2. The summed E-state index contributed by atoms with van der Waals surface area (Å²) in [5.41, 5.74) is 3.53. The van der Waals surface area contributed by atoms with Gasteiger partial charge in [0.15, 0.2) is 24.7 Å². The number of halogens is 3. The van der Waals surface area contributed by atoms with E-state index in [0.717, 1.165) is 11.8 Å². The Morgan fingerprint density at radius 2 is 1.76 bits per heavy atom. The number of methoxy groups -OCH3 is 1. The number of hydrogen-bond donors (Lipinski definition) is 2. The molecule has 0 saturated heterocycles. The first-order valence-corrected chi connectivity index (χ1v) is 14.1. The highest BCUT2D eigenvalue weighted by atomic mass is 35.5. The van der Waals surface area contributed by atoms with E-state index in [2.05, 4.69) is 26.0 Å². The number of anilines is 1. The van der Waals surface area contributed by atoms with Gasteiger partial charge in [-0.1, -0.05) is 58.7 Å². The molecule has 218 valence electrons. The van der Waals surface area contributed by atoms with Crippen molar-refractivity contribution in [2.24, 2.45) is 5.10 Å². The summed E-state index contributed by atoms with van der Waals surface area (Å²) in [4.78, 5) is 24.4. The van der Waals surface area contributed by atoms with E-state index in [-0.39, 0.29) is 36.0 Å². The van der Waals surface area contributed by atoms with Crippen LogP contribution in [0.4, 0.5) is 5.69 Å². The number of nitrogens with one attached hydrogen (secondary N) is 2. The summed E-state index contributed by atoms with van der Waals surface area (Å²) in [6.45, 7) is -0.261. The molecule has 1 aromatic heterocycles. The lowest BCUT2D eigenvalue weighted by Gasteiger charge is -2.12. The Hall–Kier alpha value is -3.97. The summed E-state index contributed by atoms with van der Waals surface area (Å²) < 4.78 is 22.0. The van der Waals surface area contributed by atoms with Gasteiger partial charge in [0.05, 0.1) is 34.8 Å². The molecule has 0 atom stereocenters. The third-order valence-electron chi connectivity index (χ3n) is 5.12. The molecular weight excluding hydrogens is 629 g/mol. The van der Waals surface area contributed by atoms with Gasteiger partial charge in [-0.2, -0.15) is 5.10 Å². The highest BCUT2D eigenvalue weighted by Crippen LogP contribution is 2.29. The molecule has 0 spiro atoms. The molecule has 0 aliphatic heterocycles. The van der Waals surface area contributed by atoms with Crippen molar-refractivity contribution in [3.8, 4) is 17.2 Å². The predicted molar refractivity (Wildman–Crippen MR) is 160 cm³/mol. The smallest absolute Gasteiger partial charge is 0.277 e. The number of para-hydroxylation sites is 1. The van der Waals surface area contributed by atoms with E-state index in [0.29, 0.717) is 43.6 Å². The maximum Gasteiger partial charge on any atom is 0.277 e. The van der Waals surface area contributed by atoms with E-state index in [4.69, 9.17) is 53.4 Å². The van der Waals surface area contributed by atoms with Crippen LogP contribution in [0.3, 0.4) is 0 Å². The number of amides is 2. The Morgan fingerprint density at radius 1 is 0.952 bits per heavy atom.